The van der Waals surface area contributed by atoms with Gasteiger partial charge < -0.3 is 0 Å². The van der Waals surface area contributed by atoms with E-state index >= 15 is 0 Å². The smallest absolute Gasteiger partial charge is 0.192 e. The maximum absolute atomic E-state index is 13.3. The van der Waals surface area contributed by atoms with E-state index in [-0.39, 0.29) is 0 Å². The molecule has 0 aliphatic heterocycles. The molecule has 0 saturated heterocycles. The molecule has 0 atom stereocenters. The molecule has 0 spiro atoms. The van der Waals surface area contributed by atoms with Gasteiger partial charge in [0.25, 0.3) is 0 Å². The van der Waals surface area contributed by atoms with Gasteiger partial charge in [-0.2, -0.15) is 0 Å². The molecule has 25 heavy (non-hydrogen) atoms. The van der Waals surface area contributed by atoms with Crippen LogP contribution in [0.3, 0.4) is 0 Å². The number of halogens is 2. The average molecular weight is 357 g/mol. The lowest BCUT2D eigenvalue weighted by molar-refractivity contribution is 0.507. The van der Waals surface area contributed by atoms with Crippen LogP contribution in [-0.4, -0.2) is 14.8 Å². The van der Waals surface area contributed by atoms with Gasteiger partial charge in [-0.05, 0) is 30.7 Å². The van der Waals surface area contributed by atoms with Crippen molar-refractivity contribution in [2.45, 2.75) is 24.4 Å². The highest BCUT2D eigenvalue weighted by atomic mass is 32.2. The highest BCUT2D eigenvalue weighted by Crippen LogP contribution is 2.27. The molecule has 6 heteroatoms. The first-order valence-corrected chi connectivity index (χ1v) is 8.75. The van der Waals surface area contributed by atoms with Crippen molar-refractivity contribution in [3.8, 4) is 11.4 Å². The Morgan fingerprint density at radius 2 is 1.96 bits per heavy atom. The Hall–Kier alpha value is -2.47. The largest absolute Gasteiger partial charge is 0.298 e. The van der Waals surface area contributed by atoms with Crippen molar-refractivity contribution >= 4 is 11.8 Å². The topological polar surface area (TPSA) is 30.7 Å². The second kappa shape index (κ2) is 7.61. The lowest BCUT2D eigenvalue weighted by Crippen LogP contribution is -2.01. The van der Waals surface area contributed by atoms with E-state index in [1.807, 2.05) is 35.8 Å². The van der Waals surface area contributed by atoms with Gasteiger partial charge in [0, 0.05) is 17.9 Å². The molecule has 1 heterocycles. The quantitative estimate of drug-likeness (QED) is 0.459. The van der Waals surface area contributed by atoms with Crippen molar-refractivity contribution in [2.24, 2.45) is 0 Å². The molecule has 0 saturated carbocycles. The Kier molecular flexibility index (Phi) is 5.28. The second-order valence-corrected chi connectivity index (χ2v) is 6.55. The number of aromatic nitrogens is 3. The Morgan fingerprint density at radius 3 is 2.68 bits per heavy atom. The zero-order valence-corrected chi connectivity index (χ0v) is 14.6. The summed E-state index contributed by atoms with van der Waals surface area (Å²) in [4.78, 5) is 0. The van der Waals surface area contributed by atoms with Crippen LogP contribution in [0.2, 0.25) is 0 Å². The van der Waals surface area contributed by atoms with Crippen LogP contribution < -0.4 is 0 Å². The second-order valence-electron chi connectivity index (χ2n) is 5.61. The zero-order chi connectivity index (χ0) is 17.8. The van der Waals surface area contributed by atoms with Crippen LogP contribution in [0.5, 0.6) is 0 Å². The minimum atomic E-state index is -0.842. The molecule has 0 amide bonds. The van der Waals surface area contributed by atoms with Gasteiger partial charge >= 0.3 is 0 Å². The molecule has 0 N–H and O–H groups in total. The van der Waals surface area contributed by atoms with Crippen LogP contribution in [0.15, 0.2) is 60.3 Å². The number of benzene rings is 2. The summed E-state index contributed by atoms with van der Waals surface area (Å²) in [5.41, 5.74) is 2.81. The summed E-state index contributed by atoms with van der Waals surface area (Å²) in [6, 6.07) is 12.0. The Morgan fingerprint density at radius 1 is 1.12 bits per heavy atom. The normalized spacial score (nSPS) is 10.8. The molecule has 0 bridgehead atoms. The predicted octanol–water partition coefficient (Wildman–Crippen LogP) is 5.01. The predicted molar refractivity (Wildman–Crippen MR) is 96.3 cm³/mol. The van der Waals surface area contributed by atoms with E-state index in [1.165, 1.54) is 17.8 Å². The standard InChI is InChI=1S/C19H17F2N3S/c1-3-9-24-18(15-6-4-5-13(2)10-15)22-23-19(24)25-12-14-7-8-16(20)17(21)11-14/h3-8,10-11H,1,9,12H2,2H3. The van der Waals surface area contributed by atoms with E-state index in [4.69, 9.17) is 0 Å². The summed E-state index contributed by atoms with van der Waals surface area (Å²) < 4.78 is 28.3. The van der Waals surface area contributed by atoms with E-state index in [0.29, 0.717) is 23.0 Å². The Balaban J connectivity index is 1.86. The monoisotopic (exact) mass is 357 g/mol. The third-order valence-electron chi connectivity index (χ3n) is 3.66. The molecule has 0 unspecified atom stereocenters. The number of hydrogen-bond donors (Lipinski definition) is 0. The summed E-state index contributed by atoms with van der Waals surface area (Å²) in [6.45, 7) is 6.38. The third kappa shape index (κ3) is 3.96. The number of hydrogen-bond acceptors (Lipinski definition) is 3. The molecule has 2 aromatic carbocycles. The SMILES string of the molecule is C=CCn1c(SCc2ccc(F)c(F)c2)nnc1-c1cccc(C)c1. The minimum absolute atomic E-state index is 0.473. The van der Waals surface area contributed by atoms with Crippen molar-refractivity contribution in [1.29, 1.82) is 0 Å². The van der Waals surface area contributed by atoms with Gasteiger partial charge in [-0.1, -0.05) is 47.7 Å². The molecule has 0 fully saturated rings. The first-order valence-electron chi connectivity index (χ1n) is 7.76. The molecular weight excluding hydrogens is 340 g/mol. The number of nitrogens with zero attached hydrogens (tertiary/aromatic N) is 3. The highest BCUT2D eigenvalue weighted by Gasteiger charge is 2.14. The van der Waals surface area contributed by atoms with Crippen LogP contribution in [0.25, 0.3) is 11.4 Å². The molecule has 0 radical (unpaired) electrons. The number of rotatable bonds is 6. The molecule has 0 aliphatic rings. The summed E-state index contributed by atoms with van der Waals surface area (Å²) in [5, 5.41) is 9.27. The lowest BCUT2D eigenvalue weighted by atomic mass is 10.1. The minimum Gasteiger partial charge on any atom is -0.298 e. The van der Waals surface area contributed by atoms with Crippen LogP contribution in [0.4, 0.5) is 8.78 Å². The first-order chi connectivity index (χ1) is 12.1. The third-order valence-corrected chi connectivity index (χ3v) is 4.69. The van der Waals surface area contributed by atoms with Gasteiger partial charge in [-0.3, -0.25) is 4.57 Å². The van der Waals surface area contributed by atoms with Crippen LogP contribution in [-0.2, 0) is 12.3 Å². The number of allylic oxidation sites excluding steroid dienone is 1. The van der Waals surface area contributed by atoms with Gasteiger partial charge in [0.2, 0.25) is 0 Å². The maximum atomic E-state index is 13.3. The maximum Gasteiger partial charge on any atom is 0.192 e. The molecule has 3 rings (SSSR count). The summed E-state index contributed by atoms with van der Waals surface area (Å²) in [6.07, 6.45) is 1.78. The van der Waals surface area contributed by atoms with E-state index in [0.717, 1.165) is 23.0 Å². The fourth-order valence-electron chi connectivity index (χ4n) is 2.46. The lowest BCUT2D eigenvalue weighted by Gasteiger charge is -2.08. The Bertz CT molecular complexity index is 905. The van der Waals surface area contributed by atoms with Crippen molar-refractivity contribution < 1.29 is 8.78 Å². The Labute approximate surface area is 149 Å². The van der Waals surface area contributed by atoms with Crippen molar-refractivity contribution in [3.63, 3.8) is 0 Å². The number of thioether (sulfide) groups is 1. The van der Waals surface area contributed by atoms with Crippen LogP contribution >= 0.6 is 11.8 Å². The van der Waals surface area contributed by atoms with Crippen LogP contribution in [0.1, 0.15) is 11.1 Å². The van der Waals surface area contributed by atoms with E-state index in [2.05, 4.69) is 16.8 Å². The molecular formula is C19H17F2N3S. The fourth-order valence-corrected chi connectivity index (χ4v) is 3.35. The molecule has 1 aromatic heterocycles. The van der Waals surface area contributed by atoms with E-state index in [9.17, 15) is 8.78 Å². The fraction of sp³-hybridized carbons (Fsp3) is 0.158. The van der Waals surface area contributed by atoms with Gasteiger partial charge in [0.1, 0.15) is 0 Å². The summed E-state index contributed by atoms with van der Waals surface area (Å²) >= 11 is 1.43. The van der Waals surface area contributed by atoms with Gasteiger partial charge in [0.05, 0.1) is 0 Å². The van der Waals surface area contributed by atoms with E-state index in [1.54, 1.807) is 12.1 Å². The summed E-state index contributed by atoms with van der Waals surface area (Å²) in [7, 11) is 0. The number of aryl methyl sites for hydroxylation is 1. The first kappa shape index (κ1) is 17.4. The van der Waals surface area contributed by atoms with Gasteiger partial charge in [-0.15, -0.1) is 16.8 Å². The van der Waals surface area contributed by atoms with Gasteiger partial charge in [-0.25, -0.2) is 8.78 Å². The van der Waals surface area contributed by atoms with Crippen molar-refractivity contribution in [1.82, 2.24) is 14.8 Å². The molecule has 0 aliphatic carbocycles. The molecule has 3 nitrogen and oxygen atoms in total. The molecule has 3 aromatic rings. The van der Waals surface area contributed by atoms with Crippen molar-refractivity contribution in [3.05, 3.63) is 77.9 Å². The van der Waals surface area contributed by atoms with Gasteiger partial charge in [0.15, 0.2) is 22.6 Å². The van der Waals surface area contributed by atoms with Crippen molar-refractivity contribution in [2.75, 3.05) is 0 Å². The van der Waals surface area contributed by atoms with Crippen LogP contribution in [0, 0.1) is 18.6 Å². The zero-order valence-electron chi connectivity index (χ0n) is 13.7. The molecule has 128 valence electrons. The van der Waals surface area contributed by atoms with E-state index < -0.39 is 11.6 Å². The highest BCUT2D eigenvalue weighted by molar-refractivity contribution is 7.98. The summed E-state index contributed by atoms with van der Waals surface area (Å²) in [5.74, 6) is -0.451. The average Bonchev–Trinajstić information content (AvgIpc) is 2.99.